The highest BCUT2D eigenvalue weighted by atomic mass is 16.5. The maximum absolute atomic E-state index is 13.2. The van der Waals surface area contributed by atoms with Gasteiger partial charge in [-0.2, -0.15) is 5.10 Å². The molecule has 7 nitrogen and oxygen atoms in total. The second-order valence-corrected chi connectivity index (χ2v) is 9.17. The van der Waals surface area contributed by atoms with Crippen molar-refractivity contribution in [3.05, 3.63) is 65.2 Å². The molecule has 0 bridgehead atoms. The monoisotopic (exact) mass is 429 g/mol. The molecule has 0 atom stereocenters. The lowest BCUT2D eigenvalue weighted by atomic mass is 9.83. The highest BCUT2D eigenvalue weighted by Crippen LogP contribution is 2.42. The Kier molecular flexibility index (Phi) is 4.61. The van der Waals surface area contributed by atoms with E-state index in [-0.39, 0.29) is 5.91 Å². The number of nitrogens with zero attached hydrogens (tertiary/aromatic N) is 5. The Balaban J connectivity index is 1.24. The van der Waals surface area contributed by atoms with Gasteiger partial charge in [-0.15, -0.1) is 0 Å². The van der Waals surface area contributed by atoms with Crippen LogP contribution in [-0.2, 0) is 23.8 Å². The van der Waals surface area contributed by atoms with E-state index in [4.69, 9.17) is 9.72 Å². The molecular weight excluding hydrogens is 402 g/mol. The largest absolute Gasteiger partial charge is 0.368 e. The molecule has 1 saturated carbocycles. The molecule has 1 saturated heterocycles. The SMILES string of the molecule is Cn1nc(C2CC2)cc1C(=O)N1CCC2(CC1)OCCc1cnc(-c3ccccc3)nc12. The van der Waals surface area contributed by atoms with E-state index in [0.29, 0.717) is 31.3 Å². The van der Waals surface area contributed by atoms with Crippen molar-refractivity contribution in [2.75, 3.05) is 19.7 Å². The van der Waals surface area contributed by atoms with Crippen LogP contribution in [0.2, 0.25) is 0 Å². The van der Waals surface area contributed by atoms with E-state index in [1.165, 1.54) is 12.8 Å². The van der Waals surface area contributed by atoms with Crippen molar-refractivity contribution in [3.63, 3.8) is 0 Å². The van der Waals surface area contributed by atoms with Crippen LogP contribution in [0, 0.1) is 0 Å². The lowest BCUT2D eigenvalue weighted by Crippen LogP contribution is -2.49. The lowest BCUT2D eigenvalue weighted by molar-refractivity contribution is -0.0967. The predicted octanol–water partition coefficient (Wildman–Crippen LogP) is 3.46. The number of hydrogen-bond donors (Lipinski definition) is 0. The molecular formula is C25H27N5O2. The van der Waals surface area contributed by atoms with Crippen molar-refractivity contribution in [2.45, 2.75) is 43.6 Å². The van der Waals surface area contributed by atoms with E-state index in [9.17, 15) is 4.79 Å². The average molecular weight is 430 g/mol. The third-order valence-corrected chi connectivity index (χ3v) is 7.05. The number of carbonyl (C=O) groups is 1. The molecule has 6 rings (SSSR count). The molecule has 1 aliphatic carbocycles. The van der Waals surface area contributed by atoms with Gasteiger partial charge in [0, 0.05) is 37.8 Å². The van der Waals surface area contributed by atoms with Crippen molar-refractivity contribution >= 4 is 5.91 Å². The molecule has 3 aromatic rings. The van der Waals surface area contributed by atoms with Crippen LogP contribution in [-0.4, -0.2) is 50.3 Å². The zero-order chi connectivity index (χ0) is 21.7. The van der Waals surface area contributed by atoms with E-state index < -0.39 is 5.60 Å². The van der Waals surface area contributed by atoms with Crippen molar-refractivity contribution < 1.29 is 9.53 Å². The minimum Gasteiger partial charge on any atom is -0.368 e. The first-order valence-corrected chi connectivity index (χ1v) is 11.5. The second-order valence-electron chi connectivity index (χ2n) is 9.17. The second kappa shape index (κ2) is 7.52. The average Bonchev–Trinajstić information content (AvgIpc) is 3.61. The third kappa shape index (κ3) is 3.32. The molecule has 0 N–H and O–H groups in total. The minimum atomic E-state index is -0.442. The Labute approximate surface area is 187 Å². The number of likely N-dealkylation sites (tertiary alicyclic amines) is 1. The van der Waals surface area contributed by atoms with Gasteiger partial charge in [-0.3, -0.25) is 9.48 Å². The summed E-state index contributed by atoms with van der Waals surface area (Å²) in [5.41, 5.74) is 4.46. The Hall–Kier alpha value is -3.06. The fraction of sp³-hybridized carbons (Fsp3) is 0.440. The van der Waals surface area contributed by atoms with Gasteiger partial charge in [0.05, 0.1) is 18.0 Å². The molecule has 0 unspecified atom stereocenters. The number of rotatable bonds is 3. The number of amides is 1. The van der Waals surface area contributed by atoms with Crippen molar-refractivity contribution in [3.8, 4) is 11.4 Å². The number of fused-ring (bicyclic) bond motifs is 2. The number of benzene rings is 1. The first-order chi connectivity index (χ1) is 15.6. The Morgan fingerprint density at radius 1 is 1.16 bits per heavy atom. The van der Waals surface area contributed by atoms with Crippen molar-refractivity contribution in [1.29, 1.82) is 0 Å². The molecule has 4 heterocycles. The molecule has 3 aliphatic rings. The number of aromatic nitrogens is 4. The summed E-state index contributed by atoms with van der Waals surface area (Å²) < 4.78 is 8.12. The first kappa shape index (κ1) is 19.6. The number of carbonyl (C=O) groups excluding carboxylic acids is 1. The van der Waals surface area contributed by atoms with Crippen LogP contribution in [0.5, 0.6) is 0 Å². The molecule has 2 fully saturated rings. The molecule has 1 spiro atoms. The first-order valence-electron chi connectivity index (χ1n) is 11.5. The van der Waals surface area contributed by atoms with Gasteiger partial charge in [-0.1, -0.05) is 30.3 Å². The van der Waals surface area contributed by atoms with E-state index in [1.54, 1.807) is 4.68 Å². The number of ether oxygens (including phenoxy) is 1. The molecule has 1 amide bonds. The number of aryl methyl sites for hydroxylation is 1. The maximum Gasteiger partial charge on any atom is 0.272 e. The van der Waals surface area contributed by atoms with Gasteiger partial charge in [-0.25, -0.2) is 9.97 Å². The van der Waals surface area contributed by atoms with Gasteiger partial charge in [0.2, 0.25) is 0 Å². The van der Waals surface area contributed by atoms with Gasteiger partial charge < -0.3 is 9.64 Å². The zero-order valence-corrected chi connectivity index (χ0v) is 18.3. The van der Waals surface area contributed by atoms with Crippen LogP contribution in [0.4, 0.5) is 0 Å². The summed E-state index contributed by atoms with van der Waals surface area (Å²) >= 11 is 0. The summed E-state index contributed by atoms with van der Waals surface area (Å²) in [7, 11) is 1.87. The molecule has 0 radical (unpaired) electrons. The van der Waals surface area contributed by atoms with Crippen LogP contribution in [0.15, 0.2) is 42.6 Å². The quantitative estimate of drug-likeness (QED) is 0.638. The number of piperidine rings is 1. The standard InChI is InChI=1S/C25H27N5O2/c1-29-21(15-20(28-29)17-7-8-17)24(31)30-12-10-25(11-13-30)22-19(9-14-32-25)16-26-23(27-22)18-5-3-2-4-6-18/h2-6,15-17H,7-14H2,1H3. The highest BCUT2D eigenvalue weighted by molar-refractivity contribution is 5.92. The van der Waals surface area contributed by atoms with Crippen molar-refractivity contribution in [2.24, 2.45) is 7.05 Å². The Morgan fingerprint density at radius 3 is 2.69 bits per heavy atom. The Morgan fingerprint density at radius 2 is 1.94 bits per heavy atom. The third-order valence-electron chi connectivity index (χ3n) is 7.05. The summed E-state index contributed by atoms with van der Waals surface area (Å²) in [5, 5.41) is 4.57. The fourth-order valence-corrected chi connectivity index (χ4v) is 5.02. The molecule has 2 aliphatic heterocycles. The van der Waals surface area contributed by atoms with Gasteiger partial charge >= 0.3 is 0 Å². The number of hydrogen-bond acceptors (Lipinski definition) is 5. The Bertz CT molecular complexity index is 1160. The molecule has 1 aromatic carbocycles. The van der Waals surface area contributed by atoms with E-state index in [1.807, 2.05) is 54.5 Å². The van der Waals surface area contributed by atoms with E-state index in [0.717, 1.165) is 47.6 Å². The van der Waals surface area contributed by atoms with Crippen LogP contribution in [0.25, 0.3) is 11.4 Å². The topological polar surface area (TPSA) is 73.1 Å². The van der Waals surface area contributed by atoms with Crippen molar-refractivity contribution in [1.82, 2.24) is 24.6 Å². The molecule has 7 heteroatoms. The summed E-state index contributed by atoms with van der Waals surface area (Å²) in [6.45, 7) is 1.96. The van der Waals surface area contributed by atoms with E-state index in [2.05, 4.69) is 10.1 Å². The van der Waals surface area contributed by atoms with Crippen LogP contribution < -0.4 is 0 Å². The summed E-state index contributed by atoms with van der Waals surface area (Å²) in [6, 6.07) is 12.0. The summed E-state index contributed by atoms with van der Waals surface area (Å²) in [5.74, 6) is 1.33. The fourth-order valence-electron chi connectivity index (χ4n) is 5.02. The maximum atomic E-state index is 13.2. The summed E-state index contributed by atoms with van der Waals surface area (Å²) in [6.07, 6.45) is 6.63. The summed E-state index contributed by atoms with van der Waals surface area (Å²) in [4.78, 5) is 24.8. The lowest BCUT2D eigenvalue weighted by Gasteiger charge is -2.44. The van der Waals surface area contributed by atoms with Gasteiger partial charge in [0.1, 0.15) is 11.3 Å². The van der Waals surface area contributed by atoms with Gasteiger partial charge in [-0.05, 0) is 43.7 Å². The normalized spacial score (nSPS) is 19.7. The van der Waals surface area contributed by atoms with Gasteiger partial charge in [0.15, 0.2) is 5.82 Å². The smallest absolute Gasteiger partial charge is 0.272 e. The minimum absolute atomic E-state index is 0.0606. The van der Waals surface area contributed by atoms with Crippen LogP contribution >= 0.6 is 0 Å². The van der Waals surface area contributed by atoms with E-state index >= 15 is 0 Å². The zero-order valence-electron chi connectivity index (χ0n) is 18.3. The molecule has 2 aromatic heterocycles. The van der Waals surface area contributed by atoms with Crippen LogP contribution in [0.3, 0.4) is 0 Å². The highest BCUT2D eigenvalue weighted by Gasteiger charge is 2.44. The molecule has 164 valence electrons. The van der Waals surface area contributed by atoms with Gasteiger partial charge in [0.25, 0.3) is 5.91 Å². The molecule has 32 heavy (non-hydrogen) atoms. The predicted molar refractivity (Wildman–Crippen MR) is 119 cm³/mol. The van der Waals surface area contributed by atoms with Crippen LogP contribution in [0.1, 0.15) is 59.0 Å².